The van der Waals surface area contributed by atoms with Crippen LogP contribution < -0.4 is 4.74 Å². The van der Waals surface area contributed by atoms with Crippen LogP contribution in [0.25, 0.3) is 87.2 Å². The Hall–Kier alpha value is -5.66. The highest BCUT2D eigenvalue weighted by Crippen LogP contribution is 2.50. The molecule has 43 heavy (non-hydrogen) atoms. The summed E-state index contributed by atoms with van der Waals surface area (Å²) in [5, 5.41) is 9.27. The summed E-state index contributed by atoms with van der Waals surface area (Å²) in [4.78, 5) is 0. The van der Waals surface area contributed by atoms with Crippen LogP contribution in [0.15, 0.2) is 145 Å². The molecule has 0 fully saturated rings. The highest BCUT2D eigenvalue weighted by atomic mass is 16.5. The zero-order chi connectivity index (χ0) is 34.2. The Morgan fingerprint density at radius 1 is 0.395 bits per heavy atom. The van der Waals surface area contributed by atoms with Crippen molar-refractivity contribution in [2.24, 2.45) is 0 Å². The van der Waals surface area contributed by atoms with Crippen molar-refractivity contribution in [3.05, 3.63) is 145 Å². The fourth-order valence-corrected chi connectivity index (χ4v) is 7.02. The Bertz CT molecular complexity index is 2960. The van der Waals surface area contributed by atoms with E-state index in [1.807, 2.05) is 24.3 Å². The van der Waals surface area contributed by atoms with E-state index in [9.17, 15) is 0 Å². The van der Waals surface area contributed by atoms with E-state index < -0.39 is 18.1 Å². The van der Waals surface area contributed by atoms with Crippen LogP contribution in [0.4, 0.5) is 0 Å². The summed E-state index contributed by atoms with van der Waals surface area (Å²) in [5.74, 6) is 1.34. The lowest BCUT2D eigenvalue weighted by Gasteiger charge is -2.24. The summed E-state index contributed by atoms with van der Waals surface area (Å²) >= 11 is 0. The molecule has 1 nitrogen and oxygen atoms in total. The quantitative estimate of drug-likeness (QED) is 0.194. The zero-order valence-corrected chi connectivity index (χ0v) is 22.7. The Labute approximate surface area is 258 Å². The maximum absolute atomic E-state index is 8.90. The molecule has 9 aromatic carbocycles. The summed E-state index contributed by atoms with van der Waals surface area (Å²) in [5.41, 5.74) is 4.59. The smallest absolute Gasteiger partial charge is 0.135 e. The fourth-order valence-electron chi connectivity index (χ4n) is 7.02. The summed E-state index contributed by atoms with van der Waals surface area (Å²) in [6, 6.07) is 32.6. The first-order valence-corrected chi connectivity index (χ1v) is 14.3. The van der Waals surface area contributed by atoms with E-state index in [1.165, 1.54) is 32.3 Å². The molecule has 0 aromatic heterocycles. The molecule has 0 atom stereocenters. The van der Waals surface area contributed by atoms with Gasteiger partial charge >= 0.3 is 0 Å². The lowest BCUT2D eigenvalue weighted by Crippen LogP contribution is -1.98. The second kappa shape index (κ2) is 8.44. The Morgan fingerprint density at radius 2 is 1.09 bits per heavy atom. The van der Waals surface area contributed by atoms with Crippen LogP contribution >= 0.6 is 0 Å². The van der Waals surface area contributed by atoms with E-state index in [1.54, 1.807) is 12.1 Å². The molecular weight excluding hydrogens is 520 g/mol. The van der Waals surface area contributed by atoms with Gasteiger partial charge in [-0.1, -0.05) is 127 Å². The van der Waals surface area contributed by atoms with Gasteiger partial charge in [0.1, 0.15) is 11.5 Å². The van der Waals surface area contributed by atoms with E-state index >= 15 is 0 Å². The maximum Gasteiger partial charge on any atom is 0.135 e. The van der Waals surface area contributed by atoms with E-state index in [0.717, 1.165) is 38.8 Å². The summed E-state index contributed by atoms with van der Waals surface area (Å²) in [6.07, 6.45) is 0. The second-order valence-electron chi connectivity index (χ2n) is 11.1. The van der Waals surface area contributed by atoms with Crippen molar-refractivity contribution >= 4 is 53.9 Å². The first-order chi connectivity index (χ1) is 24.2. The molecule has 10 rings (SSSR count). The molecule has 0 amide bonds. The van der Waals surface area contributed by atoms with E-state index in [2.05, 4.69) is 66.7 Å². The topological polar surface area (TPSA) is 9.23 Å². The summed E-state index contributed by atoms with van der Waals surface area (Å²) in [7, 11) is 0. The average Bonchev–Trinajstić information content (AvgIpc) is 3.14. The number of benzene rings is 9. The number of hydrogen-bond donors (Lipinski definition) is 0. The number of fused-ring (bicyclic) bond motifs is 3. The molecule has 0 aliphatic carbocycles. The fraction of sp³-hybridized carbons (Fsp3) is 0. The Kier molecular flexibility index (Phi) is 3.40. The van der Waals surface area contributed by atoms with E-state index in [4.69, 9.17) is 14.3 Å². The number of ether oxygens (including phenoxy) is 1. The highest BCUT2D eigenvalue weighted by molar-refractivity contribution is 6.26. The minimum Gasteiger partial charge on any atom is -0.456 e. The molecule has 198 valence electrons. The predicted molar refractivity (Wildman–Crippen MR) is 182 cm³/mol. The van der Waals surface area contributed by atoms with Gasteiger partial charge in [0, 0.05) is 10.9 Å². The predicted octanol–water partition coefficient (Wildman–Crippen LogP) is 12.0. The molecule has 1 heteroatoms. The van der Waals surface area contributed by atoms with Crippen LogP contribution in [0, 0.1) is 0 Å². The van der Waals surface area contributed by atoms with E-state index in [-0.39, 0.29) is 40.5 Å². The summed E-state index contributed by atoms with van der Waals surface area (Å²) < 4.78 is 66.3. The maximum atomic E-state index is 8.90. The molecule has 0 saturated carbocycles. The van der Waals surface area contributed by atoms with E-state index in [0.29, 0.717) is 11.3 Å². The molecular formula is C42H24O. The Balaban J connectivity index is 1.22. The van der Waals surface area contributed by atoms with Gasteiger partial charge in [-0.2, -0.15) is 0 Å². The van der Waals surface area contributed by atoms with Gasteiger partial charge in [-0.05, 0) is 94.5 Å². The van der Waals surface area contributed by atoms with Gasteiger partial charge in [-0.25, -0.2) is 0 Å². The first-order valence-electron chi connectivity index (χ1n) is 17.8. The van der Waals surface area contributed by atoms with Gasteiger partial charge in [0.15, 0.2) is 0 Å². The normalized spacial score (nSPS) is 14.7. The van der Waals surface area contributed by atoms with Gasteiger partial charge in [0.2, 0.25) is 0 Å². The Morgan fingerprint density at radius 3 is 2.00 bits per heavy atom. The molecule has 0 spiro atoms. The van der Waals surface area contributed by atoms with Crippen LogP contribution in [0.3, 0.4) is 0 Å². The van der Waals surface area contributed by atoms with Crippen LogP contribution in [0.1, 0.15) is 9.60 Å². The van der Waals surface area contributed by atoms with Crippen molar-refractivity contribution in [2.75, 3.05) is 0 Å². The molecule has 0 N–H and O–H groups in total. The molecule has 0 bridgehead atoms. The van der Waals surface area contributed by atoms with Crippen molar-refractivity contribution in [1.29, 1.82) is 0 Å². The van der Waals surface area contributed by atoms with Crippen LogP contribution in [0.5, 0.6) is 11.5 Å². The lowest BCUT2D eigenvalue weighted by atomic mass is 9.86. The molecule has 0 unspecified atom stereocenters. The van der Waals surface area contributed by atoms with Gasteiger partial charge in [-0.3, -0.25) is 0 Å². The van der Waals surface area contributed by atoms with Gasteiger partial charge in [-0.15, -0.1) is 0 Å². The SMILES string of the molecule is [2H]c1c([2H])c([2H])c2c(-c3ccc4c(c3)-c3cccc5c(-c6ccc7ccc8cccc9ccc6c7c89)ccc(c35)O4)c([2H])c([2H])c([2H])c2c1[2H]. The van der Waals surface area contributed by atoms with Gasteiger partial charge in [0.25, 0.3) is 0 Å². The van der Waals surface area contributed by atoms with Crippen LogP contribution in [-0.4, -0.2) is 0 Å². The third-order valence-corrected chi connectivity index (χ3v) is 8.91. The van der Waals surface area contributed by atoms with Crippen molar-refractivity contribution < 1.29 is 14.3 Å². The first kappa shape index (κ1) is 17.3. The van der Waals surface area contributed by atoms with Crippen molar-refractivity contribution in [2.45, 2.75) is 0 Å². The third-order valence-electron chi connectivity index (χ3n) is 8.91. The molecule has 0 saturated heterocycles. The monoisotopic (exact) mass is 551 g/mol. The molecule has 1 aliphatic heterocycles. The highest BCUT2D eigenvalue weighted by Gasteiger charge is 2.23. The van der Waals surface area contributed by atoms with Crippen LogP contribution in [-0.2, 0) is 0 Å². The van der Waals surface area contributed by atoms with Crippen LogP contribution in [0.2, 0.25) is 0 Å². The minimum atomic E-state index is -0.471. The molecule has 0 radical (unpaired) electrons. The summed E-state index contributed by atoms with van der Waals surface area (Å²) in [6.45, 7) is 0. The molecule has 9 aromatic rings. The number of hydrogen-bond acceptors (Lipinski definition) is 1. The molecule has 1 aliphatic rings. The van der Waals surface area contributed by atoms with Crippen molar-refractivity contribution in [3.8, 4) is 44.9 Å². The van der Waals surface area contributed by atoms with Gasteiger partial charge < -0.3 is 4.74 Å². The second-order valence-corrected chi connectivity index (χ2v) is 11.1. The average molecular weight is 552 g/mol. The van der Waals surface area contributed by atoms with Crippen molar-refractivity contribution in [3.63, 3.8) is 0 Å². The van der Waals surface area contributed by atoms with Crippen molar-refractivity contribution in [1.82, 2.24) is 0 Å². The standard InChI is InChI=1S/C42H24O/c1-2-10-30-25(6-1)7-4-11-31(30)29-18-22-38-37(24-29)35-13-5-12-34-33(21-23-39(43-38)42(34)35)32-19-16-28-15-14-26-8-3-9-27-17-20-36(32)41(28)40(26)27/h1-24H/i1D,2D,4D,6D,7D,10D,11D. The van der Waals surface area contributed by atoms with Gasteiger partial charge in [0.05, 0.1) is 9.60 Å². The molecule has 1 heterocycles. The zero-order valence-electron chi connectivity index (χ0n) is 29.7. The third kappa shape index (κ3) is 3.17. The number of rotatable bonds is 2. The largest absolute Gasteiger partial charge is 0.456 e. The lowest BCUT2D eigenvalue weighted by molar-refractivity contribution is 0.487. The minimum absolute atomic E-state index is 0.0635.